The summed E-state index contributed by atoms with van der Waals surface area (Å²) < 4.78 is 7.64. The van der Waals surface area contributed by atoms with Crippen LogP contribution in [0.4, 0.5) is 5.69 Å². The number of hydrogen-bond donors (Lipinski definition) is 1. The van der Waals surface area contributed by atoms with Gasteiger partial charge in [-0.25, -0.2) is 0 Å². The monoisotopic (exact) mass is 203 g/mol. The first kappa shape index (κ1) is 8.61. The van der Waals surface area contributed by atoms with Crippen LogP contribution in [0.5, 0.6) is 5.88 Å². The summed E-state index contributed by atoms with van der Waals surface area (Å²) in [5.74, 6) is 0.853. The molecule has 0 fully saturated rings. The number of benzene rings is 1. The van der Waals surface area contributed by atoms with E-state index in [-0.39, 0.29) is 6.35 Å². The van der Waals surface area contributed by atoms with Crippen molar-refractivity contribution in [3.8, 4) is 5.88 Å². The molecule has 2 heterocycles. The molecule has 2 aromatic rings. The van der Waals surface area contributed by atoms with Crippen molar-refractivity contribution in [1.29, 1.82) is 0 Å². The van der Waals surface area contributed by atoms with Crippen LogP contribution in [0.25, 0.3) is 10.9 Å². The van der Waals surface area contributed by atoms with Crippen molar-refractivity contribution in [1.82, 2.24) is 4.57 Å². The van der Waals surface area contributed by atoms with Gasteiger partial charge in [0.1, 0.15) is 5.69 Å². The van der Waals surface area contributed by atoms with Crippen molar-refractivity contribution >= 4 is 16.6 Å². The summed E-state index contributed by atoms with van der Waals surface area (Å²) in [7, 11) is 3.94. The number of aromatic nitrogens is 1. The van der Waals surface area contributed by atoms with Gasteiger partial charge in [0.05, 0.1) is 5.52 Å². The molecule has 1 atom stereocenters. The zero-order valence-corrected chi connectivity index (χ0v) is 8.77. The van der Waals surface area contributed by atoms with E-state index in [1.165, 1.54) is 10.9 Å². The molecule has 15 heavy (non-hydrogen) atoms. The van der Waals surface area contributed by atoms with Gasteiger partial charge in [0.25, 0.3) is 0 Å². The smallest absolute Gasteiger partial charge is 0.229 e. The summed E-state index contributed by atoms with van der Waals surface area (Å²) >= 11 is 0. The van der Waals surface area contributed by atoms with Crippen LogP contribution in [0.3, 0.4) is 0 Å². The van der Waals surface area contributed by atoms with Gasteiger partial charge in [0, 0.05) is 19.5 Å². The standard InChI is InChI=1S/C11H13N3O/c1-13-8-6-4-3-5-7(8)9-10(13)15-11(12)14(9)2/h3-6,11H,12H2,1-2H3. The van der Waals surface area contributed by atoms with E-state index in [1.807, 2.05) is 35.7 Å². The number of para-hydroxylation sites is 1. The minimum atomic E-state index is -0.370. The average Bonchev–Trinajstić information content (AvgIpc) is 2.68. The zero-order chi connectivity index (χ0) is 10.6. The molecule has 0 bridgehead atoms. The molecule has 1 unspecified atom stereocenters. The van der Waals surface area contributed by atoms with Crippen LogP contribution in [0.1, 0.15) is 0 Å². The van der Waals surface area contributed by atoms with Crippen LogP contribution in [0, 0.1) is 0 Å². The molecule has 3 rings (SSSR count). The molecule has 1 aromatic carbocycles. The molecule has 0 aliphatic carbocycles. The SMILES string of the molecule is CN1c2c(n(C)c3ccccc23)OC1N. The molecular weight excluding hydrogens is 190 g/mol. The number of nitrogens with two attached hydrogens (primary N) is 1. The Bertz CT molecular complexity index is 532. The summed E-state index contributed by atoms with van der Waals surface area (Å²) in [5, 5.41) is 1.19. The predicted octanol–water partition coefficient (Wildman–Crippen LogP) is 1.25. The molecular formula is C11H13N3O. The summed E-state index contributed by atoms with van der Waals surface area (Å²) in [4.78, 5) is 1.96. The number of anilines is 1. The number of hydrogen-bond acceptors (Lipinski definition) is 3. The van der Waals surface area contributed by atoms with Gasteiger partial charge in [-0.05, 0) is 6.07 Å². The molecule has 1 aromatic heterocycles. The molecule has 0 amide bonds. The number of nitrogens with zero attached hydrogens (tertiary/aromatic N) is 2. The number of fused-ring (bicyclic) bond motifs is 3. The largest absolute Gasteiger partial charge is 0.440 e. The van der Waals surface area contributed by atoms with Gasteiger partial charge in [-0.3, -0.25) is 5.73 Å². The molecule has 4 heteroatoms. The lowest BCUT2D eigenvalue weighted by Gasteiger charge is -2.16. The maximum atomic E-state index is 5.82. The zero-order valence-electron chi connectivity index (χ0n) is 8.77. The van der Waals surface area contributed by atoms with Gasteiger partial charge in [0.2, 0.25) is 12.2 Å². The van der Waals surface area contributed by atoms with E-state index in [9.17, 15) is 0 Å². The van der Waals surface area contributed by atoms with Crippen LogP contribution in [0.2, 0.25) is 0 Å². The topological polar surface area (TPSA) is 43.4 Å². The maximum Gasteiger partial charge on any atom is 0.229 e. The Morgan fingerprint density at radius 3 is 2.80 bits per heavy atom. The highest BCUT2D eigenvalue weighted by atomic mass is 16.5. The average molecular weight is 203 g/mol. The van der Waals surface area contributed by atoms with Crippen LogP contribution < -0.4 is 15.4 Å². The molecule has 0 saturated carbocycles. The molecule has 2 N–H and O–H groups in total. The predicted molar refractivity (Wildman–Crippen MR) is 59.9 cm³/mol. The molecule has 0 spiro atoms. The summed E-state index contributed by atoms with van der Waals surface area (Å²) in [6.45, 7) is 0. The molecule has 78 valence electrons. The quantitative estimate of drug-likeness (QED) is 0.700. The Labute approximate surface area is 87.8 Å². The minimum absolute atomic E-state index is 0.370. The van der Waals surface area contributed by atoms with Crippen LogP contribution in [0.15, 0.2) is 24.3 Å². The number of ether oxygens (including phenoxy) is 1. The molecule has 0 radical (unpaired) electrons. The van der Waals surface area contributed by atoms with E-state index in [2.05, 4.69) is 12.1 Å². The number of rotatable bonds is 0. The Hall–Kier alpha value is -1.68. The Morgan fingerprint density at radius 2 is 2.00 bits per heavy atom. The van der Waals surface area contributed by atoms with Crippen molar-refractivity contribution in [2.75, 3.05) is 11.9 Å². The lowest BCUT2D eigenvalue weighted by atomic mass is 10.2. The highest BCUT2D eigenvalue weighted by Crippen LogP contribution is 2.42. The van der Waals surface area contributed by atoms with Crippen LogP contribution in [-0.4, -0.2) is 18.0 Å². The van der Waals surface area contributed by atoms with Gasteiger partial charge in [-0.15, -0.1) is 0 Å². The van der Waals surface area contributed by atoms with Gasteiger partial charge >= 0.3 is 0 Å². The lowest BCUT2D eigenvalue weighted by Crippen LogP contribution is -2.39. The fourth-order valence-corrected chi connectivity index (χ4v) is 2.15. The first-order valence-electron chi connectivity index (χ1n) is 4.92. The van der Waals surface area contributed by atoms with Crippen molar-refractivity contribution < 1.29 is 4.74 Å². The number of aryl methyl sites for hydroxylation is 1. The lowest BCUT2D eigenvalue weighted by molar-refractivity contribution is 0.224. The van der Waals surface area contributed by atoms with Crippen molar-refractivity contribution in [2.45, 2.75) is 6.35 Å². The van der Waals surface area contributed by atoms with Crippen molar-refractivity contribution in [2.24, 2.45) is 12.8 Å². The van der Waals surface area contributed by atoms with Crippen molar-refractivity contribution in [3.63, 3.8) is 0 Å². The van der Waals surface area contributed by atoms with E-state index >= 15 is 0 Å². The fraction of sp³-hybridized carbons (Fsp3) is 0.273. The Kier molecular flexibility index (Phi) is 1.53. The molecule has 4 nitrogen and oxygen atoms in total. The molecule has 0 saturated heterocycles. The summed E-state index contributed by atoms with van der Waals surface area (Å²) in [6.07, 6.45) is -0.370. The maximum absolute atomic E-state index is 5.82. The van der Waals surface area contributed by atoms with E-state index in [0.717, 1.165) is 11.6 Å². The fourth-order valence-electron chi connectivity index (χ4n) is 2.15. The second kappa shape index (κ2) is 2.67. The summed E-state index contributed by atoms with van der Waals surface area (Å²) in [5.41, 5.74) is 8.07. The van der Waals surface area contributed by atoms with E-state index in [0.29, 0.717) is 0 Å². The highest BCUT2D eigenvalue weighted by molar-refractivity contribution is 5.98. The highest BCUT2D eigenvalue weighted by Gasteiger charge is 2.30. The summed E-state index contributed by atoms with van der Waals surface area (Å²) in [6, 6.07) is 8.22. The second-order valence-corrected chi connectivity index (χ2v) is 3.85. The van der Waals surface area contributed by atoms with E-state index < -0.39 is 0 Å². The third-order valence-corrected chi connectivity index (χ3v) is 2.99. The van der Waals surface area contributed by atoms with Crippen LogP contribution >= 0.6 is 0 Å². The van der Waals surface area contributed by atoms with Gasteiger partial charge < -0.3 is 14.2 Å². The molecule has 1 aliphatic rings. The minimum Gasteiger partial charge on any atom is -0.440 e. The van der Waals surface area contributed by atoms with Crippen LogP contribution in [-0.2, 0) is 7.05 Å². The van der Waals surface area contributed by atoms with Gasteiger partial charge in [0.15, 0.2) is 0 Å². The third kappa shape index (κ3) is 0.942. The van der Waals surface area contributed by atoms with Gasteiger partial charge in [-0.1, -0.05) is 18.2 Å². The van der Waals surface area contributed by atoms with E-state index in [1.54, 1.807) is 0 Å². The van der Waals surface area contributed by atoms with Crippen molar-refractivity contribution in [3.05, 3.63) is 24.3 Å². The van der Waals surface area contributed by atoms with E-state index in [4.69, 9.17) is 10.5 Å². The first-order chi connectivity index (χ1) is 7.20. The normalized spacial score (nSPS) is 19.4. The molecule has 1 aliphatic heterocycles. The Morgan fingerprint density at radius 1 is 1.27 bits per heavy atom. The first-order valence-corrected chi connectivity index (χ1v) is 4.92. The Balaban J connectivity index is 2.39. The van der Waals surface area contributed by atoms with Gasteiger partial charge in [-0.2, -0.15) is 0 Å². The second-order valence-electron chi connectivity index (χ2n) is 3.85. The third-order valence-electron chi connectivity index (χ3n) is 2.99.